The van der Waals surface area contributed by atoms with Crippen molar-refractivity contribution < 1.29 is 9.21 Å². The van der Waals surface area contributed by atoms with Gasteiger partial charge in [-0.3, -0.25) is 9.48 Å². The van der Waals surface area contributed by atoms with Crippen LogP contribution in [0.5, 0.6) is 0 Å². The number of rotatable bonds is 3. The number of hydrogen-bond donors (Lipinski definition) is 1. The fraction of sp³-hybridized carbons (Fsp3) is 0.273. The molecule has 0 aliphatic rings. The maximum absolute atomic E-state index is 12.0. The van der Waals surface area contributed by atoms with Crippen LogP contribution in [0.4, 0.5) is 5.69 Å². The monoisotopic (exact) mass is 234 g/mol. The molecule has 0 fully saturated rings. The average molecular weight is 234 g/mol. The molecule has 2 aromatic rings. The lowest BCUT2D eigenvalue weighted by molar-refractivity contribution is 0.0770. The number of furan rings is 1. The van der Waals surface area contributed by atoms with Crippen LogP contribution in [0.1, 0.15) is 16.2 Å². The summed E-state index contributed by atoms with van der Waals surface area (Å²) in [7, 11) is 3.40. The predicted octanol–water partition coefficient (Wildman–Crippen LogP) is 0.867. The SMILES string of the molecule is CN(Cc1ccco1)C(=O)c1nn(C)cc1N. The highest BCUT2D eigenvalue weighted by atomic mass is 16.3. The third-order valence-corrected chi connectivity index (χ3v) is 2.38. The Morgan fingerprint density at radius 1 is 1.65 bits per heavy atom. The second kappa shape index (κ2) is 4.32. The van der Waals surface area contributed by atoms with Crippen molar-refractivity contribution in [3.05, 3.63) is 36.0 Å². The number of nitrogens with two attached hydrogens (primary N) is 1. The minimum absolute atomic E-state index is 0.223. The van der Waals surface area contributed by atoms with Gasteiger partial charge in [0.15, 0.2) is 5.69 Å². The van der Waals surface area contributed by atoms with Crippen LogP contribution in [0.2, 0.25) is 0 Å². The van der Waals surface area contributed by atoms with E-state index in [4.69, 9.17) is 10.2 Å². The fourth-order valence-corrected chi connectivity index (χ4v) is 1.56. The molecule has 0 aliphatic carbocycles. The predicted molar refractivity (Wildman–Crippen MR) is 62.1 cm³/mol. The van der Waals surface area contributed by atoms with Gasteiger partial charge in [-0.2, -0.15) is 5.10 Å². The first-order valence-electron chi connectivity index (χ1n) is 5.15. The maximum atomic E-state index is 12.0. The summed E-state index contributed by atoms with van der Waals surface area (Å²) in [6.07, 6.45) is 3.18. The van der Waals surface area contributed by atoms with Crippen LogP contribution in [0.25, 0.3) is 0 Å². The van der Waals surface area contributed by atoms with E-state index in [1.165, 1.54) is 9.58 Å². The second-order valence-electron chi connectivity index (χ2n) is 3.85. The second-order valence-corrected chi connectivity index (χ2v) is 3.85. The Labute approximate surface area is 98.6 Å². The standard InChI is InChI=1S/C11H14N4O2/c1-14(6-8-4-3-5-17-8)11(16)10-9(12)7-15(2)13-10/h3-5,7H,6,12H2,1-2H3. The van der Waals surface area contributed by atoms with Crippen LogP contribution < -0.4 is 5.73 Å². The number of anilines is 1. The van der Waals surface area contributed by atoms with Crippen molar-refractivity contribution in [1.82, 2.24) is 14.7 Å². The van der Waals surface area contributed by atoms with E-state index in [9.17, 15) is 4.79 Å². The molecule has 0 aliphatic heterocycles. The summed E-state index contributed by atoms with van der Waals surface area (Å²) in [6.45, 7) is 0.391. The zero-order chi connectivity index (χ0) is 12.4. The van der Waals surface area contributed by atoms with Crippen LogP contribution >= 0.6 is 0 Å². The molecule has 0 spiro atoms. The van der Waals surface area contributed by atoms with Crippen LogP contribution in [-0.2, 0) is 13.6 Å². The normalized spacial score (nSPS) is 10.5. The lowest BCUT2D eigenvalue weighted by Gasteiger charge is -2.14. The molecule has 17 heavy (non-hydrogen) atoms. The summed E-state index contributed by atoms with van der Waals surface area (Å²) >= 11 is 0. The number of nitrogen functional groups attached to an aromatic ring is 1. The van der Waals surface area contributed by atoms with E-state index in [2.05, 4.69) is 5.10 Å². The minimum Gasteiger partial charge on any atom is -0.467 e. The molecule has 0 saturated heterocycles. The van der Waals surface area contributed by atoms with E-state index in [0.29, 0.717) is 12.2 Å². The molecule has 2 rings (SSSR count). The summed E-state index contributed by atoms with van der Waals surface area (Å²) < 4.78 is 6.69. The molecule has 0 radical (unpaired) electrons. The molecular weight excluding hydrogens is 220 g/mol. The molecule has 2 N–H and O–H groups in total. The third-order valence-electron chi connectivity index (χ3n) is 2.38. The van der Waals surface area contributed by atoms with E-state index < -0.39 is 0 Å². The molecule has 0 bridgehead atoms. The van der Waals surface area contributed by atoms with Gasteiger partial charge in [0.05, 0.1) is 18.5 Å². The maximum Gasteiger partial charge on any atom is 0.276 e. The average Bonchev–Trinajstić information content (AvgIpc) is 2.87. The van der Waals surface area contributed by atoms with Crippen molar-refractivity contribution in [3.63, 3.8) is 0 Å². The van der Waals surface area contributed by atoms with Crippen molar-refractivity contribution in [1.29, 1.82) is 0 Å². The highest BCUT2D eigenvalue weighted by molar-refractivity contribution is 5.96. The van der Waals surface area contributed by atoms with Gasteiger partial charge in [0, 0.05) is 20.3 Å². The zero-order valence-corrected chi connectivity index (χ0v) is 9.75. The Kier molecular flexibility index (Phi) is 2.86. The summed E-state index contributed by atoms with van der Waals surface area (Å²) in [6, 6.07) is 3.59. The Morgan fingerprint density at radius 2 is 2.41 bits per heavy atom. The van der Waals surface area contributed by atoms with Crippen LogP contribution in [0.3, 0.4) is 0 Å². The summed E-state index contributed by atoms with van der Waals surface area (Å²) in [5.74, 6) is 0.495. The van der Waals surface area contributed by atoms with Crippen molar-refractivity contribution in [2.45, 2.75) is 6.54 Å². The molecule has 0 atom stereocenters. The number of carbonyl (C=O) groups is 1. The lowest BCUT2D eigenvalue weighted by Crippen LogP contribution is -2.27. The molecule has 90 valence electrons. The van der Waals surface area contributed by atoms with E-state index >= 15 is 0 Å². The first-order valence-corrected chi connectivity index (χ1v) is 5.15. The number of carbonyl (C=O) groups excluding carboxylic acids is 1. The highest BCUT2D eigenvalue weighted by Crippen LogP contribution is 2.12. The quantitative estimate of drug-likeness (QED) is 0.854. The number of hydrogen-bond acceptors (Lipinski definition) is 4. The Bertz CT molecular complexity index is 516. The number of nitrogens with zero attached hydrogens (tertiary/aromatic N) is 3. The van der Waals surface area contributed by atoms with Gasteiger partial charge in [-0.1, -0.05) is 0 Å². The molecule has 0 unspecified atom stereocenters. The topological polar surface area (TPSA) is 77.3 Å². The van der Waals surface area contributed by atoms with E-state index in [1.54, 1.807) is 32.6 Å². The molecule has 6 nitrogen and oxygen atoms in total. The Morgan fingerprint density at radius 3 is 2.94 bits per heavy atom. The first kappa shape index (κ1) is 11.3. The van der Waals surface area contributed by atoms with Crippen molar-refractivity contribution in [3.8, 4) is 0 Å². The van der Waals surface area contributed by atoms with Crippen molar-refractivity contribution in [2.75, 3.05) is 12.8 Å². The molecular formula is C11H14N4O2. The smallest absolute Gasteiger partial charge is 0.276 e. The van der Waals surface area contributed by atoms with E-state index in [1.807, 2.05) is 6.07 Å². The Balaban J connectivity index is 2.12. The Hall–Kier alpha value is -2.24. The summed E-state index contributed by atoms with van der Waals surface area (Å²) in [5, 5.41) is 4.03. The lowest BCUT2D eigenvalue weighted by atomic mass is 10.3. The summed E-state index contributed by atoms with van der Waals surface area (Å²) in [5.41, 5.74) is 6.34. The number of aromatic nitrogens is 2. The highest BCUT2D eigenvalue weighted by Gasteiger charge is 2.19. The number of aryl methyl sites for hydroxylation is 1. The molecule has 1 amide bonds. The zero-order valence-electron chi connectivity index (χ0n) is 9.75. The van der Waals surface area contributed by atoms with Crippen molar-refractivity contribution >= 4 is 11.6 Å². The molecule has 6 heteroatoms. The molecule has 2 heterocycles. The largest absolute Gasteiger partial charge is 0.467 e. The molecule has 0 aromatic carbocycles. The minimum atomic E-state index is -0.223. The third kappa shape index (κ3) is 2.30. The van der Waals surface area contributed by atoms with Gasteiger partial charge in [-0.15, -0.1) is 0 Å². The molecule has 2 aromatic heterocycles. The van der Waals surface area contributed by atoms with Gasteiger partial charge in [0.25, 0.3) is 5.91 Å². The van der Waals surface area contributed by atoms with Crippen LogP contribution in [0, 0.1) is 0 Å². The van der Waals surface area contributed by atoms with Gasteiger partial charge in [0.2, 0.25) is 0 Å². The van der Waals surface area contributed by atoms with Crippen LogP contribution in [0.15, 0.2) is 29.0 Å². The molecule has 0 saturated carbocycles. The van der Waals surface area contributed by atoms with Crippen molar-refractivity contribution in [2.24, 2.45) is 7.05 Å². The fourth-order valence-electron chi connectivity index (χ4n) is 1.56. The summed E-state index contributed by atoms with van der Waals surface area (Å²) in [4.78, 5) is 13.5. The van der Waals surface area contributed by atoms with Gasteiger partial charge in [-0.05, 0) is 12.1 Å². The van der Waals surface area contributed by atoms with Crippen LogP contribution in [-0.4, -0.2) is 27.6 Å². The van der Waals surface area contributed by atoms with Gasteiger partial charge >= 0.3 is 0 Å². The van der Waals surface area contributed by atoms with E-state index in [-0.39, 0.29) is 11.6 Å². The van der Waals surface area contributed by atoms with E-state index in [0.717, 1.165) is 5.76 Å². The first-order chi connectivity index (χ1) is 8.08. The number of amides is 1. The van der Waals surface area contributed by atoms with Gasteiger partial charge in [0.1, 0.15) is 5.76 Å². The van der Waals surface area contributed by atoms with Gasteiger partial charge < -0.3 is 15.1 Å². The van der Waals surface area contributed by atoms with Gasteiger partial charge in [-0.25, -0.2) is 0 Å².